The summed E-state index contributed by atoms with van der Waals surface area (Å²) in [6.45, 7) is 5.58. The third-order valence-electron chi connectivity index (χ3n) is 3.61. The minimum absolute atomic E-state index is 0.512. The fourth-order valence-corrected chi connectivity index (χ4v) is 2.58. The van der Waals surface area contributed by atoms with Crippen molar-refractivity contribution in [3.8, 4) is 11.4 Å². The molecule has 4 heteroatoms. The summed E-state index contributed by atoms with van der Waals surface area (Å²) in [6, 6.07) is 8.37. The van der Waals surface area contributed by atoms with E-state index in [1.165, 1.54) is 5.56 Å². The summed E-state index contributed by atoms with van der Waals surface area (Å²) in [7, 11) is 0. The Kier molecular flexibility index (Phi) is 3.72. The Balaban J connectivity index is 1.99. The number of fused-ring (bicyclic) bond motifs is 1. The largest absolute Gasteiger partial charge is 0.376 e. The average Bonchev–Trinajstić information content (AvgIpc) is 2.47. The summed E-state index contributed by atoms with van der Waals surface area (Å²) in [5.74, 6) is 1.22. The molecule has 20 heavy (non-hydrogen) atoms. The monoisotopic (exact) mass is 288 g/mol. The van der Waals surface area contributed by atoms with E-state index >= 15 is 0 Å². The molecule has 0 spiro atoms. The molecule has 0 saturated heterocycles. The predicted molar refractivity (Wildman–Crippen MR) is 79.9 cm³/mol. The molecule has 3 rings (SSSR count). The Morgan fingerprint density at radius 1 is 1.15 bits per heavy atom. The second-order valence-corrected chi connectivity index (χ2v) is 5.70. The highest BCUT2D eigenvalue weighted by molar-refractivity contribution is 6.30. The summed E-state index contributed by atoms with van der Waals surface area (Å²) in [5.41, 5.74) is 4.26. The Morgan fingerprint density at radius 2 is 1.90 bits per heavy atom. The van der Waals surface area contributed by atoms with Gasteiger partial charge in [-0.15, -0.1) is 0 Å². The molecule has 1 aromatic heterocycles. The van der Waals surface area contributed by atoms with Gasteiger partial charge in [0.1, 0.15) is 5.15 Å². The van der Waals surface area contributed by atoms with Crippen molar-refractivity contribution in [1.82, 2.24) is 9.97 Å². The van der Waals surface area contributed by atoms with Gasteiger partial charge in [-0.2, -0.15) is 0 Å². The Morgan fingerprint density at radius 3 is 2.60 bits per heavy atom. The lowest BCUT2D eigenvalue weighted by atomic mass is 10.0. The summed E-state index contributed by atoms with van der Waals surface area (Å²) in [6.07, 6.45) is 0.800. The van der Waals surface area contributed by atoms with Gasteiger partial charge in [0, 0.05) is 17.5 Å². The van der Waals surface area contributed by atoms with Gasteiger partial charge in [-0.3, -0.25) is 0 Å². The first-order valence-corrected chi connectivity index (χ1v) is 7.26. The zero-order valence-corrected chi connectivity index (χ0v) is 12.4. The van der Waals surface area contributed by atoms with Gasteiger partial charge in [-0.05, 0) is 11.5 Å². The highest BCUT2D eigenvalue weighted by Gasteiger charge is 2.17. The van der Waals surface area contributed by atoms with Crippen LogP contribution >= 0.6 is 11.6 Å². The minimum atomic E-state index is 0.512. The summed E-state index contributed by atoms with van der Waals surface area (Å²) in [5, 5.41) is 0.512. The van der Waals surface area contributed by atoms with E-state index < -0.39 is 0 Å². The van der Waals surface area contributed by atoms with Crippen molar-refractivity contribution in [2.75, 3.05) is 6.61 Å². The number of rotatable bonds is 2. The topological polar surface area (TPSA) is 35.0 Å². The number of nitrogens with zero attached hydrogens (tertiary/aromatic N) is 2. The van der Waals surface area contributed by atoms with Crippen LogP contribution in [0.5, 0.6) is 0 Å². The van der Waals surface area contributed by atoms with Gasteiger partial charge in [0.25, 0.3) is 0 Å². The number of ether oxygens (including phenoxy) is 1. The maximum Gasteiger partial charge on any atom is 0.161 e. The minimum Gasteiger partial charge on any atom is -0.376 e. The summed E-state index contributed by atoms with van der Waals surface area (Å²) < 4.78 is 5.40. The van der Waals surface area contributed by atoms with E-state index in [2.05, 4.69) is 48.1 Å². The molecule has 0 unspecified atom stereocenters. The van der Waals surface area contributed by atoms with E-state index in [0.717, 1.165) is 23.2 Å². The van der Waals surface area contributed by atoms with Crippen LogP contribution in [0.2, 0.25) is 5.15 Å². The lowest BCUT2D eigenvalue weighted by Gasteiger charge is -2.17. The van der Waals surface area contributed by atoms with Crippen molar-refractivity contribution in [3.05, 3.63) is 46.2 Å². The molecule has 1 aliphatic rings. The van der Waals surface area contributed by atoms with Crippen LogP contribution in [0.25, 0.3) is 11.4 Å². The molecule has 0 fully saturated rings. The highest BCUT2D eigenvalue weighted by atomic mass is 35.5. The molecule has 2 aromatic rings. The Bertz CT molecular complexity index is 623. The second-order valence-electron chi connectivity index (χ2n) is 5.34. The highest BCUT2D eigenvalue weighted by Crippen LogP contribution is 2.26. The molecule has 1 aliphatic heterocycles. The Labute approximate surface area is 124 Å². The first-order chi connectivity index (χ1) is 9.65. The molecular weight excluding hydrogens is 272 g/mol. The van der Waals surface area contributed by atoms with Gasteiger partial charge in [0.05, 0.1) is 18.9 Å². The number of hydrogen-bond donors (Lipinski definition) is 0. The van der Waals surface area contributed by atoms with Crippen molar-refractivity contribution in [1.29, 1.82) is 0 Å². The van der Waals surface area contributed by atoms with Crippen LogP contribution in [0.1, 0.15) is 36.6 Å². The number of halogens is 1. The maximum absolute atomic E-state index is 6.25. The molecule has 0 bridgehead atoms. The number of hydrogen-bond acceptors (Lipinski definition) is 3. The second kappa shape index (κ2) is 5.51. The third kappa shape index (κ3) is 2.56. The first kappa shape index (κ1) is 13.5. The fraction of sp³-hybridized carbons (Fsp3) is 0.375. The molecule has 0 radical (unpaired) electrons. The van der Waals surface area contributed by atoms with Gasteiger partial charge in [-0.25, -0.2) is 9.97 Å². The zero-order chi connectivity index (χ0) is 14.1. The van der Waals surface area contributed by atoms with Gasteiger partial charge >= 0.3 is 0 Å². The smallest absolute Gasteiger partial charge is 0.161 e. The van der Waals surface area contributed by atoms with Crippen LogP contribution in [0.4, 0.5) is 0 Å². The first-order valence-electron chi connectivity index (χ1n) is 6.88. The van der Waals surface area contributed by atoms with Crippen molar-refractivity contribution < 1.29 is 4.74 Å². The van der Waals surface area contributed by atoms with Crippen LogP contribution in [0.3, 0.4) is 0 Å². The van der Waals surface area contributed by atoms with E-state index in [-0.39, 0.29) is 0 Å². The lowest BCUT2D eigenvalue weighted by Crippen LogP contribution is -2.14. The van der Waals surface area contributed by atoms with Crippen molar-refractivity contribution in [2.24, 2.45) is 0 Å². The van der Waals surface area contributed by atoms with Crippen molar-refractivity contribution in [3.63, 3.8) is 0 Å². The molecular formula is C16H17ClN2O. The van der Waals surface area contributed by atoms with Crippen molar-refractivity contribution >= 4 is 11.6 Å². The van der Waals surface area contributed by atoms with Gasteiger partial charge in [0.2, 0.25) is 0 Å². The average molecular weight is 289 g/mol. The van der Waals surface area contributed by atoms with Crippen LogP contribution in [0, 0.1) is 0 Å². The standard InChI is InChI=1S/C16H17ClN2O/c1-10(2)11-3-5-12(6-4-11)16-18-14-7-8-20-9-13(14)15(17)19-16/h3-6,10H,7-9H2,1-2H3. The van der Waals surface area contributed by atoms with Crippen LogP contribution in [0.15, 0.2) is 24.3 Å². The number of benzene rings is 1. The van der Waals surface area contributed by atoms with Crippen molar-refractivity contribution in [2.45, 2.75) is 32.8 Å². The van der Waals surface area contributed by atoms with Crippen LogP contribution in [-0.2, 0) is 17.8 Å². The zero-order valence-electron chi connectivity index (χ0n) is 11.7. The van der Waals surface area contributed by atoms with Crippen LogP contribution in [-0.4, -0.2) is 16.6 Å². The van der Waals surface area contributed by atoms with E-state index in [0.29, 0.717) is 30.1 Å². The van der Waals surface area contributed by atoms with Crippen LogP contribution < -0.4 is 0 Å². The molecule has 104 valence electrons. The summed E-state index contributed by atoms with van der Waals surface area (Å²) in [4.78, 5) is 9.05. The molecule has 0 atom stereocenters. The molecule has 0 saturated carbocycles. The van der Waals surface area contributed by atoms with E-state index in [4.69, 9.17) is 16.3 Å². The number of aromatic nitrogens is 2. The van der Waals surface area contributed by atoms with E-state index in [1.807, 2.05) is 0 Å². The normalized spacial score (nSPS) is 14.4. The third-order valence-corrected chi connectivity index (χ3v) is 3.92. The fourth-order valence-electron chi connectivity index (χ4n) is 2.34. The molecule has 0 amide bonds. The predicted octanol–water partition coefficient (Wildman–Crippen LogP) is 3.99. The van der Waals surface area contributed by atoms with Gasteiger partial charge in [0.15, 0.2) is 5.82 Å². The molecule has 0 aliphatic carbocycles. The molecule has 0 N–H and O–H groups in total. The quantitative estimate of drug-likeness (QED) is 0.784. The SMILES string of the molecule is CC(C)c1ccc(-c2nc(Cl)c3c(n2)CCOC3)cc1. The molecule has 2 heterocycles. The maximum atomic E-state index is 6.25. The molecule has 1 aromatic carbocycles. The van der Waals surface area contributed by atoms with E-state index in [9.17, 15) is 0 Å². The molecule has 3 nitrogen and oxygen atoms in total. The lowest BCUT2D eigenvalue weighted by molar-refractivity contribution is 0.109. The van der Waals surface area contributed by atoms with Gasteiger partial charge < -0.3 is 4.74 Å². The van der Waals surface area contributed by atoms with E-state index in [1.54, 1.807) is 0 Å². The Hall–Kier alpha value is -1.45. The summed E-state index contributed by atoms with van der Waals surface area (Å²) >= 11 is 6.25. The van der Waals surface area contributed by atoms with Gasteiger partial charge in [-0.1, -0.05) is 49.7 Å².